The number of carboxylic acid groups (broad SMARTS) is 1. The summed E-state index contributed by atoms with van der Waals surface area (Å²) in [4.78, 5) is 24.7. The molecule has 0 bridgehead atoms. The number of sulfonamides is 1. The quantitative estimate of drug-likeness (QED) is 0.835. The third-order valence-corrected chi connectivity index (χ3v) is 5.39. The standard InChI is InChI=1S/C17H16N2O5S/c20-16(19-9-8-12-4-1-2-7-15(12)19)11-18-25(23,24)14-6-3-5-13(10-14)17(21)22/h1-7,10,18H,8-9,11H2,(H,21,22). The molecule has 3 rings (SSSR count). The SMILES string of the molecule is O=C(O)c1cccc(S(=O)(=O)NCC(=O)N2CCc3ccccc32)c1. The molecule has 2 aromatic rings. The van der Waals surface area contributed by atoms with Crippen LogP contribution in [-0.2, 0) is 21.2 Å². The van der Waals surface area contributed by atoms with Gasteiger partial charge in [-0.25, -0.2) is 17.9 Å². The number of aromatic carboxylic acids is 1. The van der Waals surface area contributed by atoms with Gasteiger partial charge in [-0.05, 0) is 36.2 Å². The second-order valence-corrected chi connectivity index (χ2v) is 7.35. The van der Waals surface area contributed by atoms with Crippen molar-refractivity contribution in [2.24, 2.45) is 0 Å². The molecule has 0 atom stereocenters. The predicted octanol–water partition coefficient (Wildman–Crippen LogP) is 1.25. The highest BCUT2D eigenvalue weighted by atomic mass is 32.2. The molecule has 0 saturated heterocycles. The summed E-state index contributed by atoms with van der Waals surface area (Å²) in [5.74, 6) is -1.58. The lowest BCUT2D eigenvalue weighted by molar-refractivity contribution is -0.117. The van der Waals surface area contributed by atoms with Crippen LogP contribution in [0, 0.1) is 0 Å². The summed E-state index contributed by atoms with van der Waals surface area (Å²) in [6.07, 6.45) is 0.731. The fourth-order valence-corrected chi connectivity index (χ4v) is 3.75. The number of carbonyl (C=O) groups excluding carboxylic acids is 1. The van der Waals surface area contributed by atoms with E-state index in [2.05, 4.69) is 4.72 Å². The van der Waals surface area contributed by atoms with Crippen LogP contribution >= 0.6 is 0 Å². The minimum Gasteiger partial charge on any atom is -0.478 e. The lowest BCUT2D eigenvalue weighted by Crippen LogP contribution is -2.39. The van der Waals surface area contributed by atoms with E-state index in [1.807, 2.05) is 24.3 Å². The molecule has 7 nitrogen and oxygen atoms in total. The number of hydrogen-bond donors (Lipinski definition) is 2. The summed E-state index contributed by atoms with van der Waals surface area (Å²) >= 11 is 0. The van der Waals surface area contributed by atoms with Gasteiger partial charge in [0, 0.05) is 12.2 Å². The van der Waals surface area contributed by atoms with Gasteiger partial charge in [0.2, 0.25) is 15.9 Å². The van der Waals surface area contributed by atoms with Gasteiger partial charge in [-0.1, -0.05) is 24.3 Å². The molecule has 0 unspecified atom stereocenters. The fourth-order valence-electron chi connectivity index (χ4n) is 2.73. The first kappa shape index (κ1) is 17.1. The summed E-state index contributed by atoms with van der Waals surface area (Å²) in [6, 6.07) is 12.5. The molecule has 0 aliphatic carbocycles. The maximum atomic E-state index is 12.4. The number of carbonyl (C=O) groups is 2. The summed E-state index contributed by atoms with van der Waals surface area (Å²) in [5, 5.41) is 8.95. The van der Waals surface area contributed by atoms with E-state index in [4.69, 9.17) is 5.11 Å². The van der Waals surface area contributed by atoms with Crippen LogP contribution in [0.4, 0.5) is 5.69 Å². The number of para-hydroxylation sites is 1. The molecule has 130 valence electrons. The van der Waals surface area contributed by atoms with Crippen LogP contribution < -0.4 is 9.62 Å². The molecule has 1 amide bonds. The Morgan fingerprint density at radius 2 is 1.88 bits per heavy atom. The van der Waals surface area contributed by atoms with Crippen molar-refractivity contribution in [3.8, 4) is 0 Å². The van der Waals surface area contributed by atoms with E-state index in [-0.39, 0.29) is 16.4 Å². The van der Waals surface area contributed by atoms with Crippen molar-refractivity contribution in [2.45, 2.75) is 11.3 Å². The number of hydrogen-bond acceptors (Lipinski definition) is 4. The Hall–Kier alpha value is -2.71. The van der Waals surface area contributed by atoms with Crippen LogP contribution in [0.3, 0.4) is 0 Å². The van der Waals surface area contributed by atoms with Gasteiger partial charge in [-0.3, -0.25) is 4.79 Å². The zero-order chi connectivity index (χ0) is 18.0. The number of amides is 1. The number of carboxylic acids is 1. The Labute approximate surface area is 144 Å². The Balaban J connectivity index is 1.72. The lowest BCUT2D eigenvalue weighted by atomic mass is 10.2. The van der Waals surface area contributed by atoms with Crippen molar-refractivity contribution in [1.29, 1.82) is 0 Å². The molecule has 0 saturated carbocycles. The van der Waals surface area contributed by atoms with E-state index < -0.39 is 22.5 Å². The number of anilines is 1. The highest BCUT2D eigenvalue weighted by Crippen LogP contribution is 2.27. The zero-order valence-corrected chi connectivity index (χ0v) is 14.0. The number of fused-ring (bicyclic) bond motifs is 1. The normalized spacial score (nSPS) is 13.5. The topological polar surface area (TPSA) is 104 Å². The third-order valence-electron chi connectivity index (χ3n) is 3.99. The van der Waals surface area contributed by atoms with E-state index in [0.717, 1.165) is 23.7 Å². The van der Waals surface area contributed by atoms with Crippen molar-refractivity contribution in [3.63, 3.8) is 0 Å². The van der Waals surface area contributed by atoms with Gasteiger partial charge >= 0.3 is 5.97 Å². The summed E-state index contributed by atoms with van der Waals surface area (Å²) < 4.78 is 26.8. The van der Waals surface area contributed by atoms with Crippen LogP contribution in [0.5, 0.6) is 0 Å². The number of nitrogens with zero attached hydrogens (tertiary/aromatic N) is 1. The minimum absolute atomic E-state index is 0.136. The fraction of sp³-hybridized carbons (Fsp3) is 0.176. The van der Waals surface area contributed by atoms with E-state index >= 15 is 0 Å². The van der Waals surface area contributed by atoms with Gasteiger partial charge < -0.3 is 10.0 Å². The molecule has 1 heterocycles. The van der Waals surface area contributed by atoms with E-state index in [0.29, 0.717) is 6.54 Å². The van der Waals surface area contributed by atoms with Crippen molar-refractivity contribution in [1.82, 2.24) is 4.72 Å². The van der Waals surface area contributed by atoms with Gasteiger partial charge in [-0.2, -0.15) is 0 Å². The first-order valence-corrected chi connectivity index (χ1v) is 9.08. The van der Waals surface area contributed by atoms with E-state index in [1.54, 1.807) is 4.90 Å². The van der Waals surface area contributed by atoms with Crippen molar-refractivity contribution in [3.05, 3.63) is 59.7 Å². The first-order valence-electron chi connectivity index (χ1n) is 7.60. The van der Waals surface area contributed by atoms with Gasteiger partial charge in [0.1, 0.15) is 0 Å². The third kappa shape index (κ3) is 3.54. The molecule has 2 N–H and O–H groups in total. The average Bonchev–Trinajstić information content (AvgIpc) is 3.04. The molecule has 8 heteroatoms. The van der Waals surface area contributed by atoms with Crippen molar-refractivity contribution >= 4 is 27.6 Å². The average molecular weight is 360 g/mol. The van der Waals surface area contributed by atoms with Crippen LogP contribution in [0.15, 0.2) is 53.4 Å². The summed E-state index contributed by atoms with van der Waals surface area (Å²) in [5.41, 5.74) is 1.70. The monoisotopic (exact) mass is 360 g/mol. The lowest BCUT2D eigenvalue weighted by Gasteiger charge is -2.17. The number of nitrogens with one attached hydrogen (secondary N) is 1. The highest BCUT2D eigenvalue weighted by Gasteiger charge is 2.25. The van der Waals surface area contributed by atoms with Gasteiger partial charge in [0.25, 0.3) is 0 Å². The number of benzene rings is 2. The molecule has 0 radical (unpaired) electrons. The van der Waals surface area contributed by atoms with Crippen LogP contribution in [0.2, 0.25) is 0 Å². The maximum Gasteiger partial charge on any atom is 0.335 e. The van der Waals surface area contributed by atoms with Crippen molar-refractivity contribution in [2.75, 3.05) is 18.0 Å². The molecule has 0 fully saturated rings. The second kappa shape index (κ2) is 6.66. The number of rotatable bonds is 5. The highest BCUT2D eigenvalue weighted by molar-refractivity contribution is 7.89. The smallest absolute Gasteiger partial charge is 0.335 e. The predicted molar refractivity (Wildman–Crippen MR) is 91.1 cm³/mol. The Bertz CT molecular complexity index is 940. The second-order valence-electron chi connectivity index (χ2n) is 5.58. The Morgan fingerprint density at radius 1 is 1.12 bits per heavy atom. The molecule has 2 aromatic carbocycles. The van der Waals surface area contributed by atoms with Crippen LogP contribution in [0.1, 0.15) is 15.9 Å². The van der Waals surface area contributed by atoms with Crippen molar-refractivity contribution < 1.29 is 23.1 Å². The van der Waals surface area contributed by atoms with Crippen LogP contribution in [-0.4, -0.2) is 38.5 Å². The Kier molecular flexibility index (Phi) is 4.56. The molecule has 0 aromatic heterocycles. The molecule has 25 heavy (non-hydrogen) atoms. The molecular weight excluding hydrogens is 344 g/mol. The van der Waals surface area contributed by atoms with E-state index in [1.165, 1.54) is 18.2 Å². The summed E-state index contributed by atoms with van der Waals surface area (Å²) in [6.45, 7) is 0.113. The minimum atomic E-state index is -3.98. The largest absolute Gasteiger partial charge is 0.478 e. The maximum absolute atomic E-state index is 12.4. The van der Waals surface area contributed by atoms with Crippen LogP contribution in [0.25, 0.3) is 0 Å². The summed E-state index contributed by atoms with van der Waals surface area (Å²) in [7, 11) is -3.98. The first-order chi connectivity index (χ1) is 11.9. The molecular formula is C17H16N2O5S. The van der Waals surface area contributed by atoms with E-state index in [9.17, 15) is 18.0 Å². The zero-order valence-electron chi connectivity index (χ0n) is 13.2. The van der Waals surface area contributed by atoms with Gasteiger partial charge in [0.15, 0.2) is 0 Å². The van der Waals surface area contributed by atoms with Gasteiger partial charge in [0.05, 0.1) is 17.0 Å². The molecule has 1 aliphatic heterocycles. The van der Waals surface area contributed by atoms with Gasteiger partial charge in [-0.15, -0.1) is 0 Å². The molecule has 1 aliphatic rings. The molecule has 0 spiro atoms. The Morgan fingerprint density at radius 3 is 2.64 bits per heavy atom.